The van der Waals surface area contributed by atoms with Crippen LogP contribution in [0.25, 0.3) is 0 Å². The Morgan fingerprint density at radius 3 is 2.42 bits per heavy atom. The van der Waals surface area contributed by atoms with Crippen molar-refractivity contribution in [3.63, 3.8) is 0 Å². The SMILES string of the molecule is CCC(CC)(NC(=O)CCC1CCNC1)C(N)=O.Cl. The van der Waals surface area contributed by atoms with E-state index in [0.717, 1.165) is 25.9 Å². The van der Waals surface area contributed by atoms with E-state index in [2.05, 4.69) is 10.6 Å². The summed E-state index contributed by atoms with van der Waals surface area (Å²) in [5.74, 6) is 0.0785. The molecule has 1 rings (SSSR count). The lowest BCUT2D eigenvalue weighted by molar-refractivity contribution is -0.132. The predicted octanol–water partition coefficient (Wildman–Crippen LogP) is 0.958. The first-order chi connectivity index (χ1) is 8.54. The minimum absolute atomic E-state index is 0. The molecule has 1 atom stereocenters. The molecule has 1 aliphatic heterocycles. The molecule has 0 aromatic heterocycles. The van der Waals surface area contributed by atoms with Crippen molar-refractivity contribution in [3.05, 3.63) is 0 Å². The third-order valence-electron chi connectivity index (χ3n) is 4.00. The fourth-order valence-corrected chi connectivity index (χ4v) is 2.46. The number of carbonyl (C=O) groups excluding carboxylic acids is 2. The maximum absolute atomic E-state index is 11.9. The van der Waals surface area contributed by atoms with Crippen LogP contribution in [-0.4, -0.2) is 30.4 Å². The van der Waals surface area contributed by atoms with E-state index in [1.807, 2.05) is 13.8 Å². The van der Waals surface area contributed by atoms with Crippen molar-refractivity contribution in [3.8, 4) is 0 Å². The van der Waals surface area contributed by atoms with E-state index in [-0.39, 0.29) is 18.3 Å². The summed E-state index contributed by atoms with van der Waals surface area (Å²) in [7, 11) is 0. The summed E-state index contributed by atoms with van der Waals surface area (Å²) >= 11 is 0. The lowest BCUT2D eigenvalue weighted by atomic mass is 9.91. The number of amides is 2. The fourth-order valence-electron chi connectivity index (χ4n) is 2.46. The van der Waals surface area contributed by atoms with Crippen molar-refractivity contribution in [2.24, 2.45) is 11.7 Å². The standard InChI is InChI=1S/C13H25N3O2.ClH/c1-3-13(4-2,12(14)18)16-11(17)6-5-10-7-8-15-9-10;/h10,15H,3-9H2,1-2H3,(H2,14,18)(H,16,17);1H. The molecule has 2 amide bonds. The molecular formula is C13H26ClN3O2. The van der Waals surface area contributed by atoms with Crippen molar-refractivity contribution < 1.29 is 9.59 Å². The van der Waals surface area contributed by atoms with Gasteiger partial charge in [0.2, 0.25) is 11.8 Å². The average molecular weight is 292 g/mol. The zero-order valence-electron chi connectivity index (χ0n) is 11.8. The highest BCUT2D eigenvalue weighted by Crippen LogP contribution is 2.17. The van der Waals surface area contributed by atoms with Gasteiger partial charge in [0.25, 0.3) is 0 Å². The monoisotopic (exact) mass is 291 g/mol. The number of halogens is 1. The molecule has 19 heavy (non-hydrogen) atoms. The Hall–Kier alpha value is -0.810. The fraction of sp³-hybridized carbons (Fsp3) is 0.846. The van der Waals surface area contributed by atoms with Gasteiger partial charge in [0.05, 0.1) is 0 Å². The normalized spacial score (nSPS) is 18.7. The van der Waals surface area contributed by atoms with Gasteiger partial charge in [-0.3, -0.25) is 9.59 Å². The quantitative estimate of drug-likeness (QED) is 0.653. The number of carbonyl (C=O) groups is 2. The molecule has 1 fully saturated rings. The Balaban J connectivity index is 0.00000324. The highest BCUT2D eigenvalue weighted by atomic mass is 35.5. The molecule has 0 aliphatic carbocycles. The Morgan fingerprint density at radius 1 is 1.37 bits per heavy atom. The van der Waals surface area contributed by atoms with Crippen molar-refractivity contribution in [2.45, 2.75) is 51.5 Å². The van der Waals surface area contributed by atoms with E-state index in [1.165, 1.54) is 0 Å². The molecule has 0 aromatic carbocycles. The molecule has 0 radical (unpaired) electrons. The van der Waals surface area contributed by atoms with Gasteiger partial charge in [0, 0.05) is 6.42 Å². The van der Waals surface area contributed by atoms with Crippen LogP contribution >= 0.6 is 12.4 Å². The summed E-state index contributed by atoms with van der Waals surface area (Å²) in [5, 5.41) is 6.10. The first kappa shape index (κ1) is 18.2. The predicted molar refractivity (Wildman–Crippen MR) is 78.1 cm³/mol. The summed E-state index contributed by atoms with van der Waals surface area (Å²) < 4.78 is 0. The molecule has 1 saturated heterocycles. The van der Waals surface area contributed by atoms with Gasteiger partial charge in [0.1, 0.15) is 5.54 Å². The summed E-state index contributed by atoms with van der Waals surface area (Å²) in [6.07, 6.45) is 3.56. The Kier molecular flexibility index (Phi) is 8.02. The minimum atomic E-state index is -0.870. The first-order valence-electron chi connectivity index (χ1n) is 6.85. The number of primary amides is 1. The zero-order valence-corrected chi connectivity index (χ0v) is 12.6. The minimum Gasteiger partial charge on any atom is -0.368 e. The highest BCUT2D eigenvalue weighted by Gasteiger charge is 2.34. The summed E-state index contributed by atoms with van der Waals surface area (Å²) in [6.45, 7) is 5.78. The maximum Gasteiger partial charge on any atom is 0.243 e. The second kappa shape index (κ2) is 8.38. The van der Waals surface area contributed by atoms with E-state index in [1.54, 1.807) is 0 Å². The molecule has 1 heterocycles. The van der Waals surface area contributed by atoms with Gasteiger partial charge in [-0.05, 0) is 44.7 Å². The second-order valence-corrected chi connectivity index (χ2v) is 5.10. The van der Waals surface area contributed by atoms with Crippen LogP contribution in [0.4, 0.5) is 0 Å². The molecule has 112 valence electrons. The van der Waals surface area contributed by atoms with Crippen LogP contribution < -0.4 is 16.4 Å². The van der Waals surface area contributed by atoms with E-state index in [4.69, 9.17) is 5.73 Å². The van der Waals surface area contributed by atoms with Gasteiger partial charge in [-0.25, -0.2) is 0 Å². The third kappa shape index (κ3) is 4.99. The lowest BCUT2D eigenvalue weighted by Crippen LogP contribution is -2.56. The van der Waals surface area contributed by atoms with Crippen molar-refractivity contribution in [1.29, 1.82) is 0 Å². The van der Waals surface area contributed by atoms with E-state index < -0.39 is 11.4 Å². The van der Waals surface area contributed by atoms with Crippen molar-refractivity contribution in [2.75, 3.05) is 13.1 Å². The summed E-state index contributed by atoms with van der Waals surface area (Å²) in [6, 6.07) is 0. The molecular weight excluding hydrogens is 266 g/mol. The van der Waals surface area contributed by atoms with Crippen LogP contribution in [-0.2, 0) is 9.59 Å². The van der Waals surface area contributed by atoms with Gasteiger partial charge >= 0.3 is 0 Å². The van der Waals surface area contributed by atoms with E-state index in [9.17, 15) is 9.59 Å². The van der Waals surface area contributed by atoms with Crippen molar-refractivity contribution >= 4 is 24.2 Å². The number of hydrogen-bond acceptors (Lipinski definition) is 3. The molecule has 0 spiro atoms. The number of nitrogens with two attached hydrogens (primary N) is 1. The van der Waals surface area contributed by atoms with Gasteiger partial charge in [-0.15, -0.1) is 12.4 Å². The zero-order chi connectivity index (χ0) is 13.6. The average Bonchev–Trinajstić information content (AvgIpc) is 2.86. The molecule has 0 saturated carbocycles. The smallest absolute Gasteiger partial charge is 0.243 e. The maximum atomic E-state index is 11.9. The lowest BCUT2D eigenvalue weighted by Gasteiger charge is -2.29. The second-order valence-electron chi connectivity index (χ2n) is 5.10. The molecule has 4 N–H and O–H groups in total. The van der Waals surface area contributed by atoms with Crippen LogP contribution in [0.15, 0.2) is 0 Å². The number of rotatable bonds is 7. The molecule has 5 nitrogen and oxygen atoms in total. The van der Waals surface area contributed by atoms with E-state index in [0.29, 0.717) is 25.2 Å². The Morgan fingerprint density at radius 2 is 2.00 bits per heavy atom. The molecule has 0 aromatic rings. The van der Waals surface area contributed by atoms with Gasteiger partial charge in [-0.1, -0.05) is 13.8 Å². The molecule has 0 bridgehead atoms. The van der Waals surface area contributed by atoms with Gasteiger partial charge in [-0.2, -0.15) is 0 Å². The van der Waals surface area contributed by atoms with Crippen LogP contribution in [0.5, 0.6) is 0 Å². The molecule has 6 heteroatoms. The third-order valence-corrected chi connectivity index (χ3v) is 4.00. The topological polar surface area (TPSA) is 84.2 Å². The first-order valence-corrected chi connectivity index (χ1v) is 6.85. The Bertz CT molecular complexity index is 300. The van der Waals surface area contributed by atoms with Crippen molar-refractivity contribution in [1.82, 2.24) is 10.6 Å². The van der Waals surface area contributed by atoms with Crippen LogP contribution in [0.3, 0.4) is 0 Å². The highest BCUT2D eigenvalue weighted by molar-refractivity contribution is 5.90. The van der Waals surface area contributed by atoms with Crippen LogP contribution in [0.2, 0.25) is 0 Å². The number of nitrogens with one attached hydrogen (secondary N) is 2. The van der Waals surface area contributed by atoms with Crippen LogP contribution in [0, 0.1) is 5.92 Å². The van der Waals surface area contributed by atoms with Crippen LogP contribution in [0.1, 0.15) is 46.0 Å². The molecule has 1 aliphatic rings. The van der Waals surface area contributed by atoms with Gasteiger partial charge < -0.3 is 16.4 Å². The Labute approximate surface area is 121 Å². The molecule has 1 unspecified atom stereocenters. The van der Waals surface area contributed by atoms with Gasteiger partial charge in [0.15, 0.2) is 0 Å². The number of hydrogen-bond donors (Lipinski definition) is 3. The summed E-state index contributed by atoms with van der Waals surface area (Å²) in [4.78, 5) is 23.4. The summed E-state index contributed by atoms with van der Waals surface area (Å²) in [5.41, 5.74) is 4.53. The largest absolute Gasteiger partial charge is 0.368 e. The van der Waals surface area contributed by atoms with E-state index >= 15 is 0 Å².